The Labute approximate surface area is 125 Å². The number of hydrogen-bond acceptors (Lipinski definition) is 5. The maximum atomic E-state index is 10.9. The first-order chi connectivity index (χ1) is 10.1. The van der Waals surface area contributed by atoms with Crippen molar-refractivity contribution in [2.45, 2.75) is 39.3 Å². The van der Waals surface area contributed by atoms with Crippen LogP contribution >= 0.6 is 0 Å². The molecule has 6 heteroatoms. The first kappa shape index (κ1) is 17.4. The van der Waals surface area contributed by atoms with Crippen LogP contribution in [0.5, 0.6) is 5.75 Å². The number of hydrogen-bond donors (Lipinski definition) is 2. The molecule has 6 nitrogen and oxygen atoms in total. The predicted octanol–water partition coefficient (Wildman–Crippen LogP) is 2.51. The number of phenolic OH excluding ortho intramolecular Hbond substituents is 1. The molecule has 2 rings (SSSR count). The zero-order valence-electron chi connectivity index (χ0n) is 13.0. The molecule has 0 aromatic heterocycles. The van der Waals surface area contributed by atoms with E-state index >= 15 is 0 Å². The van der Waals surface area contributed by atoms with Gasteiger partial charge in [-0.15, -0.1) is 0 Å². The highest BCUT2D eigenvalue weighted by atomic mass is 16.6. The molecule has 0 unspecified atom stereocenters. The number of phenols is 1. The second-order valence-corrected chi connectivity index (χ2v) is 5.03. The monoisotopic (exact) mass is 295 g/mol. The summed E-state index contributed by atoms with van der Waals surface area (Å²) in [6, 6.07) is 4.54. The molecule has 1 heterocycles. The van der Waals surface area contributed by atoms with Gasteiger partial charge in [-0.1, -0.05) is 13.8 Å². The summed E-state index contributed by atoms with van der Waals surface area (Å²) >= 11 is 0. The fourth-order valence-corrected chi connectivity index (χ4v) is 2.36. The van der Waals surface area contributed by atoms with Crippen molar-refractivity contribution >= 4 is 5.69 Å². The van der Waals surface area contributed by atoms with Crippen molar-refractivity contribution in [2.24, 2.45) is 0 Å². The normalized spacial score (nSPS) is 16.1. The topological polar surface area (TPSA) is 78.6 Å². The minimum absolute atomic E-state index is 0.0539. The third-order valence-electron chi connectivity index (χ3n) is 3.56. The Morgan fingerprint density at radius 2 is 2.00 bits per heavy atom. The van der Waals surface area contributed by atoms with Crippen LogP contribution in [0.15, 0.2) is 18.2 Å². The van der Waals surface area contributed by atoms with Gasteiger partial charge in [0.25, 0.3) is 5.69 Å². The van der Waals surface area contributed by atoms with Crippen LogP contribution in [0, 0.1) is 10.1 Å². The van der Waals surface area contributed by atoms with Crippen LogP contribution in [-0.4, -0.2) is 41.1 Å². The van der Waals surface area contributed by atoms with Crippen LogP contribution < -0.4 is 5.32 Å². The number of rotatable bonds is 4. The average Bonchev–Trinajstić information content (AvgIpc) is 2.48. The van der Waals surface area contributed by atoms with Crippen LogP contribution in [-0.2, 0) is 6.54 Å². The maximum Gasteiger partial charge on any atom is 0.274 e. The Hall–Kier alpha value is -1.66. The van der Waals surface area contributed by atoms with E-state index in [4.69, 9.17) is 0 Å². The molecule has 0 bridgehead atoms. The van der Waals surface area contributed by atoms with E-state index in [-0.39, 0.29) is 11.4 Å². The molecule has 2 N–H and O–H groups in total. The fourth-order valence-electron chi connectivity index (χ4n) is 2.36. The highest BCUT2D eigenvalue weighted by Gasteiger charge is 2.18. The number of nitro benzene ring substituents is 1. The van der Waals surface area contributed by atoms with Crippen molar-refractivity contribution in [2.75, 3.05) is 20.1 Å². The summed E-state index contributed by atoms with van der Waals surface area (Å²) in [5.74, 6) is 0.0609. The first-order valence-electron chi connectivity index (χ1n) is 7.44. The minimum atomic E-state index is -0.412. The number of nitrogens with one attached hydrogen (secondary N) is 1. The molecular weight excluding hydrogens is 270 g/mol. The van der Waals surface area contributed by atoms with Gasteiger partial charge in [0.15, 0.2) is 0 Å². The van der Waals surface area contributed by atoms with Gasteiger partial charge in [0, 0.05) is 24.2 Å². The lowest BCUT2D eigenvalue weighted by molar-refractivity contribution is -0.385. The van der Waals surface area contributed by atoms with Gasteiger partial charge in [-0.05, 0) is 45.1 Å². The molecule has 1 saturated heterocycles. The quantitative estimate of drug-likeness (QED) is 0.659. The molecule has 0 atom stereocenters. The third kappa shape index (κ3) is 5.32. The summed E-state index contributed by atoms with van der Waals surface area (Å²) in [4.78, 5) is 12.8. The molecule has 1 fully saturated rings. The van der Waals surface area contributed by atoms with Gasteiger partial charge >= 0.3 is 0 Å². The maximum absolute atomic E-state index is 10.9. The van der Waals surface area contributed by atoms with E-state index in [1.54, 1.807) is 0 Å². The number of piperidine rings is 1. The van der Waals surface area contributed by atoms with E-state index in [1.807, 2.05) is 13.8 Å². The van der Waals surface area contributed by atoms with Crippen molar-refractivity contribution < 1.29 is 10.0 Å². The Morgan fingerprint density at radius 3 is 2.57 bits per heavy atom. The second-order valence-electron chi connectivity index (χ2n) is 5.03. The molecule has 118 valence electrons. The summed E-state index contributed by atoms with van der Waals surface area (Å²) in [6.45, 7) is 6.50. The standard InChI is InChI=1S/C13H19N3O3.C2H6/c1-15-6-4-11(5-7-15)14-9-10-8-12(17)2-3-13(10)16(18)19;1-2/h2-3,8,11,14,17H,4-7,9H2,1H3;1-2H3. The Kier molecular flexibility index (Phi) is 7.11. The molecule has 0 radical (unpaired) electrons. The molecular formula is C15H25N3O3. The molecule has 1 aliphatic heterocycles. The Balaban J connectivity index is 0.00000106. The molecule has 1 aromatic rings. The number of likely N-dealkylation sites (tertiary alicyclic amines) is 1. The third-order valence-corrected chi connectivity index (χ3v) is 3.56. The summed E-state index contributed by atoms with van der Waals surface area (Å²) < 4.78 is 0. The lowest BCUT2D eigenvalue weighted by atomic mass is 10.0. The molecule has 0 saturated carbocycles. The Bertz CT molecular complexity index is 457. The van der Waals surface area contributed by atoms with E-state index in [2.05, 4.69) is 17.3 Å². The number of benzene rings is 1. The fraction of sp³-hybridized carbons (Fsp3) is 0.600. The molecule has 0 amide bonds. The van der Waals surface area contributed by atoms with E-state index in [1.165, 1.54) is 18.2 Å². The highest BCUT2D eigenvalue weighted by molar-refractivity contribution is 5.44. The molecule has 1 aromatic carbocycles. The molecule has 0 spiro atoms. The van der Waals surface area contributed by atoms with Gasteiger partial charge in [-0.3, -0.25) is 10.1 Å². The lowest BCUT2D eigenvalue weighted by Crippen LogP contribution is -2.40. The van der Waals surface area contributed by atoms with E-state index in [9.17, 15) is 15.2 Å². The minimum Gasteiger partial charge on any atom is -0.508 e. The van der Waals surface area contributed by atoms with E-state index in [0.717, 1.165) is 25.9 Å². The van der Waals surface area contributed by atoms with E-state index in [0.29, 0.717) is 18.2 Å². The van der Waals surface area contributed by atoms with Crippen molar-refractivity contribution in [3.63, 3.8) is 0 Å². The van der Waals surface area contributed by atoms with Gasteiger partial charge in [0.1, 0.15) is 5.75 Å². The van der Waals surface area contributed by atoms with Crippen molar-refractivity contribution in [3.8, 4) is 5.75 Å². The first-order valence-corrected chi connectivity index (χ1v) is 7.44. The molecule has 21 heavy (non-hydrogen) atoms. The van der Waals surface area contributed by atoms with Gasteiger partial charge < -0.3 is 15.3 Å². The summed E-state index contributed by atoms with van der Waals surface area (Å²) in [7, 11) is 2.09. The van der Waals surface area contributed by atoms with Crippen LogP contribution in [0.4, 0.5) is 5.69 Å². The predicted molar refractivity (Wildman–Crippen MR) is 83.5 cm³/mol. The Morgan fingerprint density at radius 1 is 1.38 bits per heavy atom. The molecule has 0 aliphatic carbocycles. The number of aromatic hydroxyl groups is 1. The van der Waals surface area contributed by atoms with Crippen molar-refractivity contribution in [1.82, 2.24) is 10.2 Å². The van der Waals surface area contributed by atoms with Crippen LogP contribution in [0.3, 0.4) is 0 Å². The van der Waals surface area contributed by atoms with Gasteiger partial charge in [-0.25, -0.2) is 0 Å². The zero-order chi connectivity index (χ0) is 15.8. The van der Waals surface area contributed by atoms with Crippen LogP contribution in [0.25, 0.3) is 0 Å². The summed E-state index contributed by atoms with van der Waals surface area (Å²) in [5, 5.41) is 23.7. The summed E-state index contributed by atoms with van der Waals surface area (Å²) in [5.41, 5.74) is 0.585. The number of nitro groups is 1. The van der Waals surface area contributed by atoms with Crippen LogP contribution in [0.1, 0.15) is 32.3 Å². The van der Waals surface area contributed by atoms with E-state index < -0.39 is 4.92 Å². The van der Waals surface area contributed by atoms with Gasteiger partial charge in [0.05, 0.1) is 4.92 Å². The van der Waals surface area contributed by atoms with Gasteiger partial charge in [-0.2, -0.15) is 0 Å². The average molecular weight is 295 g/mol. The number of nitrogens with zero attached hydrogens (tertiary/aromatic N) is 2. The SMILES string of the molecule is CC.CN1CCC(NCc2cc(O)ccc2[N+](=O)[O-])CC1. The smallest absolute Gasteiger partial charge is 0.274 e. The van der Waals surface area contributed by atoms with Crippen molar-refractivity contribution in [3.05, 3.63) is 33.9 Å². The zero-order valence-corrected chi connectivity index (χ0v) is 13.0. The van der Waals surface area contributed by atoms with Gasteiger partial charge in [0.2, 0.25) is 0 Å². The second kappa shape index (κ2) is 8.59. The largest absolute Gasteiger partial charge is 0.508 e. The van der Waals surface area contributed by atoms with Crippen molar-refractivity contribution in [1.29, 1.82) is 0 Å². The summed E-state index contributed by atoms with van der Waals surface area (Å²) in [6.07, 6.45) is 2.09. The highest BCUT2D eigenvalue weighted by Crippen LogP contribution is 2.23. The molecule has 1 aliphatic rings. The lowest BCUT2D eigenvalue weighted by Gasteiger charge is -2.29. The van der Waals surface area contributed by atoms with Crippen LogP contribution in [0.2, 0.25) is 0 Å².